The Hall–Kier alpha value is -2.04. The normalized spacial score (nSPS) is 14.3. The Morgan fingerprint density at radius 1 is 1.22 bits per heavy atom. The average Bonchev–Trinajstić information content (AvgIpc) is 2.80. The van der Waals surface area contributed by atoms with Gasteiger partial charge in [-0.3, -0.25) is 9.48 Å². The molecule has 3 rings (SSSR count). The van der Waals surface area contributed by atoms with E-state index in [9.17, 15) is 4.79 Å². The third kappa shape index (κ3) is 1.81. The zero-order valence-electron chi connectivity index (χ0n) is 9.91. The van der Waals surface area contributed by atoms with Gasteiger partial charge in [0, 0.05) is 18.3 Å². The molecule has 1 aromatic heterocycles. The average molecular weight is 237 g/mol. The van der Waals surface area contributed by atoms with Crippen LogP contribution in [-0.2, 0) is 13.1 Å². The number of carbonyl (C=O) groups is 1. The van der Waals surface area contributed by atoms with Gasteiger partial charge in [0.1, 0.15) is 7.85 Å². The van der Waals surface area contributed by atoms with E-state index in [2.05, 4.69) is 5.10 Å². The lowest BCUT2D eigenvalue weighted by Crippen LogP contribution is -2.40. The van der Waals surface area contributed by atoms with Crippen molar-refractivity contribution in [3.8, 4) is 0 Å². The number of hydrogen-bond acceptors (Lipinski definition) is 2. The lowest BCUT2D eigenvalue weighted by Gasteiger charge is -2.28. The first-order valence-corrected chi connectivity index (χ1v) is 5.90. The molecule has 0 saturated heterocycles. The van der Waals surface area contributed by atoms with Crippen molar-refractivity contribution in [3.63, 3.8) is 0 Å². The second kappa shape index (κ2) is 4.33. The fourth-order valence-electron chi connectivity index (χ4n) is 2.20. The van der Waals surface area contributed by atoms with E-state index in [0.717, 1.165) is 5.69 Å². The molecule has 0 atom stereocenters. The molecule has 88 valence electrons. The Balaban J connectivity index is 1.84. The van der Waals surface area contributed by atoms with Crippen molar-refractivity contribution >= 4 is 19.2 Å². The highest BCUT2D eigenvalue weighted by molar-refractivity contribution is 6.33. The van der Waals surface area contributed by atoms with Crippen molar-refractivity contribution in [2.75, 3.05) is 6.54 Å². The summed E-state index contributed by atoms with van der Waals surface area (Å²) < 4.78 is 1.87. The molecule has 2 aromatic rings. The summed E-state index contributed by atoms with van der Waals surface area (Å²) in [4.78, 5) is 14.1. The van der Waals surface area contributed by atoms with Gasteiger partial charge in [0.2, 0.25) is 0 Å². The Morgan fingerprint density at radius 2 is 2.00 bits per heavy atom. The minimum atomic E-state index is 0.0439. The van der Waals surface area contributed by atoms with E-state index in [1.165, 1.54) is 0 Å². The zero-order valence-corrected chi connectivity index (χ0v) is 9.91. The van der Waals surface area contributed by atoms with Gasteiger partial charge >= 0.3 is 0 Å². The molecule has 2 radical (unpaired) electrons. The quantitative estimate of drug-likeness (QED) is 0.670. The third-order valence-corrected chi connectivity index (χ3v) is 3.21. The maximum absolute atomic E-state index is 12.3. The second-order valence-electron chi connectivity index (χ2n) is 4.36. The molecule has 0 aliphatic carbocycles. The van der Waals surface area contributed by atoms with E-state index in [1.807, 2.05) is 39.9 Å². The first kappa shape index (κ1) is 11.1. The maximum atomic E-state index is 12.3. The number of amides is 1. The SMILES string of the molecule is [B]c1cnn2c1CN(C(=O)c1ccccc1)CC2. The van der Waals surface area contributed by atoms with Crippen molar-refractivity contribution in [2.45, 2.75) is 13.1 Å². The largest absolute Gasteiger partial charge is 0.331 e. The lowest BCUT2D eigenvalue weighted by molar-refractivity contribution is 0.0707. The van der Waals surface area contributed by atoms with Crippen LogP contribution in [0.25, 0.3) is 0 Å². The second-order valence-corrected chi connectivity index (χ2v) is 4.36. The molecule has 5 heteroatoms. The van der Waals surface area contributed by atoms with Gasteiger partial charge in [0.25, 0.3) is 5.91 Å². The van der Waals surface area contributed by atoms with E-state index in [4.69, 9.17) is 7.85 Å². The van der Waals surface area contributed by atoms with Gasteiger partial charge in [-0.2, -0.15) is 5.10 Å². The van der Waals surface area contributed by atoms with Crippen molar-refractivity contribution in [3.05, 3.63) is 47.8 Å². The highest BCUT2D eigenvalue weighted by Crippen LogP contribution is 2.13. The highest BCUT2D eigenvalue weighted by atomic mass is 16.2. The summed E-state index contributed by atoms with van der Waals surface area (Å²) in [5, 5.41) is 4.18. The predicted molar refractivity (Wildman–Crippen MR) is 68.8 cm³/mol. The van der Waals surface area contributed by atoms with Crippen molar-refractivity contribution < 1.29 is 4.79 Å². The number of fused-ring (bicyclic) bond motifs is 1. The molecule has 1 aromatic carbocycles. The predicted octanol–water partition coefficient (Wildman–Crippen LogP) is 0.333. The molecule has 4 nitrogen and oxygen atoms in total. The summed E-state index contributed by atoms with van der Waals surface area (Å²) in [6.07, 6.45) is 1.64. The summed E-state index contributed by atoms with van der Waals surface area (Å²) in [6.45, 7) is 1.90. The van der Waals surface area contributed by atoms with Crippen molar-refractivity contribution in [1.82, 2.24) is 14.7 Å². The Kier molecular flexibility index (Phi) is 2.66. The van der Waals surface area contributed by atoms with Gasteiger partial charge in [-0.25, -0.2) is 0 Å². The molecule has 0 fully saturated rings. The van der Waals surface area contributed by atoms with Gasteiger partial charge in [0.15, 0.2) is 0 Å². The number of aromatic nitrogens is 2. The molecule has 18 heavy (non-hydrogen) atoms. The summed E-state index contributed by atoms with van der Waals surface area (Å²) in [5.74, 6) is 0.0439. The molecule has 1 amide bonds. The summed E-state index contributed by atoms with van der Waals surface area (Å²) in [5.41, 5.74) is 2.29. The van der Waals surface area contributed by atoms with Crippen LogP contribution >= 0.6 is 0 Å². The number of benzene rings is 1. The topological polar surface area (TPSA) is 38.1 Å². The van der Waals surface area contributed by atoms with Crippen molar-refractivity contribution in [2.24, 2.45) is 0 Å². The van der Waals surface area contributed by atoms with Crippen LogP contribution in [0.1, 0.15) is 16.1 Å². The lowest BCUT2D eigenvalue weighted by atomic mass is 9.96. The molecule has 1 aliphatic heterocycles. The minimum absolute atomic E-state index is 0.0439. The van der Waals surface area contributed by atoms with Crippen LogP contribution < -0.4 is 5.46 Å². The molecule has 0 saturated carbocycles. The summed E-state index contributed by atoms with van der Waals surface area (Å²) in [7, 11) is 5.84. The van der Waals surface area contributed by atoms with Crippen molar-refractivity contribution in [1.29, 1.82) is 0 Å². The Morgan fingerprint density at radius 3 is 2.78 bits per heavy atom. The van der Waals surface area contributed by atoms with E-state index in [0.29, 0.717) is 30.7 Å². The first-order chi connectivity index (χ1) is 8.75. The van der Waals surface area contributed by atoms with Gasteiger partial charge < -0.3 is 4.90 Å². The van der Waals surface area contributed by atoms with Crippen LogP contribution in [0.3, 0.4) is 0 Å². The van der Waals surface area contributed by atoms with Gasteiger partial charge in [-0.1, -0.05) is 23.7 Å². The van der Waals surface area contributed by atoms with E-state index in [-0.39, 0.29) is 5.91 Å². The molecule has 0 N–H and O–H groups in total. The highest BCUT2D eigenvalue weighted by Gasteiger charge is 2.22. The van der Waals surface area contributed by atoms with E-state index in [1.54, 1.807) is 6.20 Å². The van der Waals surface area contributed by atoms with Crippen LogP contribution in [0.4, 0.5) is 0 Å². The molecular weight excluding hydrogens is 225 g/mol. The monoisotopic (exact) mass is 237 g/mol. The third-order valence-electron chi connectivity index (χ3n) is 3.21. The van der Waals surface area contributed by atoms with Crippen LogP contribution in [0.15, 0.2) is 36.5 Å². The number of hydrogen-bond donors (Lipinski definition) is 0. The van der Waals surface area contributed by atoms with E-state index < -0.39 is 0 Å². The minimum Gasteiger partial charge on any atom is -0.331 e. The van der Waals surface area contributed by atoms with Gasteiger partial charge in [-0.15, -0.1) is 0 Å². The standard InChI is InChI=1S/C13H12BN3O/c14-11-8-15-17-7-6-16(9-12(11)17)13(18)10-4-2-1-3-5-10/h1-5,8H,6-7,9H2. The molecule has 2 heterocycles. The number of rotatable bonds is 1. The first-order valence-electron chi connectivity index (χ1n) is 5.90. The Bertz CT molecular complexity index is 579. The fraction of sp³-hybridized carbons (Fsp3) is 0.231. The van der Waals surface area contributed by atoms with Crippen LogP contribution in [-0.4, -0.2) is 35.0 Å². The molecule has 0 spiro atoms. The number of nitrogens with zero attached hydrogens (tertiary/aromatic N) is 3. The molecule has 1 aliphatic rings. The molecule has 0 bridgehead atoms. The fourth-order valence-corrected chi connectivity index (χ4v) is 2.20. The Labute approximate surface area is 107 Å². The van der Waals surface area contributed by atoms with E-state index >= 15 is 0 Å². The smallest absolute Gasteiger partial charge is 0.254 e. The number of carbonyl (C=O) groups excluding carboxylic acids is 1. The zero-order chi connectivity index (χ0) is 12.5. The van der Waals surface area contributed by atoms with Crippen LogP contribution in [0.2, 0.25) is 0 Å². The maximum Gasteiger partial charge on any atom is 0.254 e. The van der Waals surface area contributed by atoms with Gasteiger partial charge in [-0.05, 0) is 12.1 Å². The van der Waals surface area contributed by atoms with Crippen LogP contribution in [0.5, 0.6) is 0 Å². The molecule has 0 unspecified atom stereocenters. The molecular formula is C13H12BN3O. The van der Waals surface area contributed by atoms with Gasteiger partial charge in [0.05, 0.1) is 18.8 Å². The van der Waals surface area contributed by atoms with Crippen LogP contribution in [0, 0.1) is 0 Å². The summed E-state index contributed by atoms with van der Waals surface area (Å²) >= 11 is 0. The summed E-state index contributed by atoms with van der Waals surface area (Å²) in [6, 6.07) is 9.31.